The Labute approximate surface area is 126 Å². The van der Waals surface area contributed by atoms with Crippen molar-refractivity contribution >= 4 is 35.0 Å². The van der Waals surface area contributed by atoms with Crippen molar-refractivity contribution in [3.05, 3.63) is 58.6 Å². The number of nitrogens with one attached hydrogen (secondary N) is 2. The number of halogens is 1. The van der Waals surface area contributed by atoms with Crippen LogP contribution in [0.3, 0.4) is 0 Å². The summed E-state index contributed by atoms with van der Waals surface area (Å²) in [5.41, 5.74) is 1.73. The average Bonchev–Trinajstić information content (AvgIpc) is 2.38. The van der Waals surface area contributed by atoms with E-state index in [1.807, 2.05) is 19.1 Å². The first-order valence-corrected chi connectivity index (χ1v) is 6.51. The third-order valence-corrected chi connectivity index (χ3v) is 2.97. The number of carboxylic acids is 1. The van der Waals surface area contributed by atoms with Crippen LogP contribution in [0.1, 0.15) is 15.9 Å². The van der Waals surface area contributed by atoms with Gasteiger partial charge in [0.25, 0.3) is 0 Å². The van der Waals surface area contributed by atoms with Gasteiger partial charge in [0.15, 0.2) is 0 Å². The number of aryl methyl sites for hydroxylation is 1. The van der Waals surface area contributed by atoms with Crippen LogP contribution >= 0.6 is 11.6 Å². The smallest absolute Gasteiger partial charge is 0.337 e. The molecule has 2 amide bonds. The second-order valence-electron chi connectivity index (χ2n) is 4.44. The van der Waals surface area contributed by atoms with Gasteiger partial charge in [-0.2, -0.15) is 0 Å². The molecule has 0 aliphatic heterocycles. The van der Waals surface area contributed by atoms with Gasteiger partial charge in [-0.05, 0) is 42.8 Å². The van der Waals surface area contributed by atoms with Crippen molar-refractivity contribution in [3.63, 3.8) is 0 Å². The average molecular weight is 305 g/mol. The summed E-state index contributed by atoms with van der Waals surface area (Å²) in [5, 5.41) is 14.5. The van der Waals surface area contributed by atoms with Crippen molar-refractivity contribution in [1.82, 2.24) is 0 Å². The second kappa shape index (κ2) is 6.28. The fraction of sp³-hybridized carbons (Fsp3) is 0.0667. The monoisotopic (exact) mass is 304 g/mol. The van der Waals surface area contributed by atoms with Crippen LogP contribution in [0.4, 0.5) is 16.2 Å². The minimum atomic E-state index is -1.14. The molecule has 0 aromatic heterocycles. The molecule has 0 saturated heterocycles. The summed E-state index contributed by atoms with van der Waals surface area (Å²) >= 11 is 5.82. The Kier molecular flexibility index (Phi) is 4.45. The van der Waals surface area contributed by atoms with Crippen LogP contribution in [-0.2, 0) is 0 Å². The molecule has 0 saturated carbocycles. The number of aromatic carboxylic acids is 1. The minimum Gasteiger partial charge on any atom is -0.478 e. The quantitative estimate of drug-likeness (QED) is 0.802. The van der Waals surface area contributed by atoms with Crippen LogP contribution < -0.4 is 10.6 Å². The first-order valence-electron chi connectivity index (χ1n) is 6.13. The van der Waals surface area contributed by atoms with Gasteiger partial charge in [-0.1, -0.05) is 23.7 Å². The molecule has 0 heterocycles. The summed E-state index contributed by atoms with van der Waals surface area (Å²) in [7, 11) is 0. The van der Waals surface area contributed by atoms with E-state index in [0.717, 1.165) is 5.56 Å². The van der Waals surface area contributed by atoms with E-state index in [1.165, 1.54) is 18.2 Å². The number of amides is 2. The predicted octanol–water partition coefficient (Wildman–Crippen LogP) is 3.99. The van der Waals surface area contributed by atoms with Gasteiger partial charge in [-0.3, -0.25) is 0 Å². The zero-order chi connectivity index (χ0) is 15.4. The first kappa shape index (κ1) is 14.9. The summed E-state index contributed by atoms with van der Waals surface area (Å²) in [6, 6.07) is 10.9. The van der Waals surface area contributed by atoms with E-state index in [9.17, 15) is 9.59 Å². The molecule has 2 aromatic rings. The third-order valence-electron chi connectivity index (χ3n) is 2.74. The normalized spacial score (nSPS) is 10.0. The fourth-order valence-electron chi connectivity index (χ4n) is 1.81. The number of hydrogen-bond acceptors (Lipinski definition) is 2. The lowest BCUT2D eigenvalue weighted by molar-refractivity contribution is 0.0698. The number of carbonyl (C=O) groups is 2. The molecule has 0 aliphatic rings. The standard InChI is InChI=1S/C15H13ClN2O3/c1-9-3-2-4-11(7-9)17-15(21)18-13-8-10(16)5-6-12(13)14(19)20/h2-8H,1H3,(H,19,20)(H2,17,18,21). The topological polar surface area (TPSA) is 78.4 Å². The number of anilines is 2. The van der Waals surface area contributed by atoms with Crippen molar-refractivity contribution < 1.29 is 14.7 Å². The molecule has 2 aromatic carbocycles. The highest BCUT2D eigenvalue weighted by Gasteiger charge is 2.13. The van der Waals surface area contributed by atoms with Crippen LogP contribution in [0.2, 0.25) is 5.02 Å². The highest BCUT2D eigenvalue weighted by Crippen LogP contribution is 2.21. The molecule has 0 fully saturated rings. The number of carbonyl (C=O) groups excluding carboxylic acids is 1. The first-order chi connectivity index (χ1) is 9.95. The molecule has 3 N–H and O–H groups in total. The minimum absolute atomic E-state index is 0.0289. The van der Waals surface area contributed by atoms with Crippen molar-refractivity contribution in [2.24, 2.45) is 0 Å². The Balaban J connectivity index is 2.16. The molecule has 6 heteroatoms. The second-order valence-corrected chi connectivity index (χ2v) is 4.88. The molecule has 0 spiro atoms. The molecule has 0 bridgehead atoms. The van der Waals surface area contributed by atoms with Gasteiger partial charge < -0.3 is 15.7 Å². The van der Waals surface area contributed by atoms with Crippen molar-refractivity contribution in [1.29, 1.82) is 0 Å². The molecule has 21 heavy (non-hydrogen) atoms. The van der Waals surface area contributed by atoms with Gasteiger partial charge in [0.2, 0.25) is 0 Å². The number of benzene rings is 2. The van der Waals surface area contributed by atoms with Crippen LogP contribution in [0.15, 0.2) is 42.5 Å². The van der Waals surface area contributed by atoms with E-state index < -0.39 is 12.0 Å². The van der Waals surface area contributed by atoms with E-state index in [0.29, 0.717) is 10.7 Å². The van der Waals surface area contributed by atoms with Crippen molar-refractivity contribution in [2.45, 2.75) is 6.92 Å². The Morgan fingerprint density at radius 1 is 1.10 bits per heavy atom. The summed E-state index contributed by atoms with van der Waals surface area (Å²) in [6.07, 6.45) is 0. The fourth-order valence-corrected chi connectivity index (χ4v) is 1.99. The number of urea groups is 1. The Bertz CT molecular complexity index is 701. The lowest BCUT2D eigenvalue weighted by atomic mass is 10.2. The van der Waals surface area contributed by atoms with Crippen LogP contribution in [-0.4, -0.2) is 17.1 Å². The Morgan fingerprint density at radius 2 is 1.86 bits per heavy atom. The van der Waals surface area contributed by atoms with E-state index in [2.05, 4.69) is 10.6 Å². The highest BCUT2D eigenvalue weighted by molar-refractivity contribution is 6.31. The maximum Gasteiger partial charge on any atom is 0.337 e. The van der Waals surface area contributed by atoms with Crippen LogP contribution in [0.5, 0.6) is 0 Å². The van der Waals surface area contributed by atoms with Crippen LogP contribution in [0, 0.1) is 6.92 Å². The molecule has 108 valence electrons. The Morgan fingerprint density at radius 3 is 2.52 bits per heavy atom. The third kappa shape index (κ3) is 3.97. The molecular weight excluding hydrogens is 292 g/mol. The van der Waals surface area contributed by atoms with Crippen molar-refractivity contribution in [2.75, 3.05) is 10.6 Å². The predicted molar refractivity (Wildman–Crippen MR) is 82.2 cm³/mol. The lowest BCUT2D eigenvalue weighted by Gasteiger charge is -2.10. The summed E-state index contributed by atoms with van der Waals surface area (Å²) in [4.78, 5) is 23.0. The van der Waals surface area contributed by atoms with Gasteiger partial charge >= 0.3 is 12.0 Å². The lowest BCUT2D eigenvalue weighted by Crippen LogP contribution is -2.21. The number of rotatable bonds is 3. The maximum atomic E-state index is 11.9. The van der Waals surface area contributed by atoms with E-state index in [4.69, 9.17) is 16.7 Å². The number of hydrogen-bond donors (Lipinski definition) is 3. The van der Waals surface area contributed by atoms with E-state index >= 15 is 0 Å². The van der Waals surface area contributed by atoms with Gasteiger partial charge in [0, 0.05) is 10.7 Å². The molecule has 0 atom stereocenters. The zero-order valence-electron chi connectivity index (χ0n) is 11.2. The molecular formula is C15H13ClN2O3. The summed E-state index contributed by atoms with van der Waals surface area (Å²) < 4.78 is 0. The highest BCUT2D eigenvalue weighted by atomic mass is 35.5. The maximum absolute atomic E-state index is 11.9. The molecule has 5 nitrogen and oxygen atoms in total. The molecule has 0 unspecified atom stereocenters. The molecule has 2 rings (SSSR count). The van der Waals surface area contributed by atoms with Gasteiger partial charge in [-0.15, -0.1) is 0 Å². The molecule has 0 radical (unpaired) electrons. The van der Waals surface area contributed by atoms with Gasteiger partial charge in [0.05, 0.1) is 11.3 Å². The molecule has 0 aliphatic carbocycles. The van der Waals surface area contributed by atoms with Gasteiger partial charge in [-0.25, -0.2) is 9.59 Å². The van der Waals surface area contributed by atoms with Crippen LogP contribution in [0.25, 0.3) is 0 Å². The number of carboxylic acid groups (broad SMARTS) is 1. The summed E-state index contributed by atoms with van der Waals surface area (Å²) in [5.74, 6) is -1.14. The van der Waals surface area contributed by atoms with Gasteiger partial charge in [0.1, 0.15) is 0 Å². The largest absolute Gasteiger partial charge is 0.478 e. The summed E-state index contributed by atoms with van der Waals surface area (Å²) in [6.45, 7) is 1.91. The van der Waals surface area contributed by atoms with Crippen molar-refractivity contribution in [3.8, 4) is 0 Å². The Hall–Kier alpha value is -2.53. The van der Waals surface area contributed by atoms with E-state index in [-0.39, 0.29) is 11.3 Å². The zero-order valence-corrected chi connectivity index (χ0v) is 11.9. The SMILES string of the molecule is Cc1cccc(NC(=O)Nc2cc(Cl)ccc2C(=O)O)c1. The van der Waals surface area contributed by atoms with E-state index in [1.54, 1.807) is 12.1 Å².